The first kappa shape index (κ1) is 15.4. The number of hydrogen-bond acceptors (Lipinski definition) is 4. The van der Waals surface area contributed by atoms with Gasteiger partial charge in [0.15, 0.2) is 0 Å². The van der Waals surface area contributed by atoms with Gasteiger partial charge in [0.2, 0.25) is 0 Å². The van der Waals surface area contributed by atoms with Crippen LogP contribution in [0.25, 0.3) is 0 Å². The molecule has 0 bridgehead atoms. The van der Waals surface area contributed by atoms with Gasteiger partial charge in [0.1, 0.15) is 5.60 Å². The van der Waals surface area contributed by atoms with Gasteiger partial charge in [-0.3, -0.25) is 4.79 Å². The molecule has 1 aliphatic rings. The van der Waals surface area contributed by atoms with Crippen LogP contribution in [0.2, 0.25) is 0 Å². The Hall–Kier alpha value is -1.95. The van der Waals surface area contributed by atoms with Crippen LogP contribution in [0, 0.1) is 0 Å². The van der Waals surface area contributed by atoms with Gasteiger partial charge in [-0.2, -0.15) is 0 Å². The minimum absolute atomic E-state index is 0.236. The van der Waals surface area contributed by atoms with E-state index < -0.39 is 17.7 Å². The largest absolute Gasteiger partial charge is 0.481 e. The van der Waals surface area contributed by atoms with Crippen LogP contribution in [-0.2, 0) is 9.53 Å². The normalized spacial score (nSPS) is 14.2. The topological polar surface area (TPSA) is 66.8 Å². The summed E-state index contributed by atoms with van der Waals surface area (Å²) in [5, 5.41) is 10.7. The Morgan fingerprint density at radius 3 is 2.57 bits per heavy atom. The quantitative estimate of drug-likeness (QED) is 0.899. The van der Waals surface area contributed by atoms with E-state index in [-0.39, 0.29) is 6.42 Å². The van der Waals surface area contributed by atoms with Crippen molar-refractivity contribution in [2.45, 2.75) is 37.7 Å². The van der Waals surface area contributed by atoms with Gasteiger partial charge < -0.3 is 9.84 Å². The third-order valence-corrected chi connectivity index (χ3v) is 3.61. The number of para-hydroxylation sites is 1. The number of amides is 1. The molecule has 5 nitrogen and oxygen atoms in total. The molecule has 0 saturated heterocycles. The van der Waals surface area contributed by atoms with Crippen LogP contribution in [-0.4, -0.2) is 22.8 Å². The number of anilines is 1. The van der Waals surface area contributed by atoms with Crippen molar-refractivity contribution in [2.24, 2.45) is 0 Å². The summed E-state index contributed by atoms with van der Waals surface area (Å²) >= 11 is 1.40. The van der Waals surface area contributed by atoms with Crippen LogP contribution in [0.15, 0.2) is 40.3 Å². The molecule has 0 radical (unpaired) electrons. The van der Waals surface area contributed by atoms with Crippen LogP contribution >= 0.6 is 11.8 Å². The first-order valence-corrected chi connectivity index (χ1v) is 7.35. The summed E-state index contributed by atoms with van der Waals surface area (Å²) in [5.74, 6) is -0.991. The number of carboxylic acid groups (broad SMARTS) is 1. The molecule has 0 saturated carbocycles. The van der Waals surface area contributed by atoms with E-state index in [2.05, 4.69) is 0 Å². The van der Waals surface area contributed by atoms with Gasteiger partial charge in [-0.05, 0) is 38.3 Å². The van der Waals surface area contributed by atoms with E-state index in [0.717, 1.165) is 4.90 Å². The lowest BCUT2D eigenvalue weighted by molar-refractivity contribution is -0.136. The van der Waals surface area contributed by atoms with Crippen LogP contribution in [0.5, 0.6) is 0 Å². The number of rotatable bonds is 2. The molecule has 1 N–H and O–H groups in total. The summed E-state index contributed by atoms with van der Waals surface area (Å²) in [5.41, 5.74) is 0.404. The number of carboxylic acids is 1. The average Bonchev–Trinajstić information content (AvgIpc) is 2.35. The van der Waals surface area contributed by atoms with Crippen molar-refractivity contribution in [3.8, 4) is 0 Å². The lowest BCUT2D eigenvalue weighted by Gasteiger charge is -2.31. The number of nitrogens with zero attached hydrogens (tertiary/aromatic N) is 1. The molecule has 0 aliphatic carbocycles. The van der Waals surface area contributed by atoms with Gasteiger partial charge >= 0.3 is 12.1 Å². The molecule has 21 heavy (non-hydrogen) atoms. The molecule has 0 fully saturated rings. The highest BCUT2D eigenvalue weighted by molar-refractivity contribution is 8.02. The van der Waals surface area contributed by atoms with Crippen molar-refractivity contribution in [2.75, 3.05) is 4.90 Å². The fourth-order valence-corrected chi connectivity index (χ4v) is 2.77. The van der Waals surface area contributed by atoms with Gasteiger partial charge in [-0.15, -0.1) is 0 Å². The lowest BCUT2D eigenvalue weighted by atomic mass is 10.2. The highest BCUT2D eigenvalue weighted by Gasteiger charge is 2.31. The number of hydrogen-bond donors (Lipinski definition) is 1. The monoisotopic (exact) mass is 307 g/mol. The molecule has 6 heteroatoms. The number of fused-ring (bicyclic) bond motifs is 1. The van der Waals surface area contributed by atoms with Crippen LogP contribution in [0.3, 0.4) is 0 Å². The van der Waals surface area contributed by atoms with Crippen LogP contribution < -0.4 is 4.90 Å². The second-order valence-electron chi connectivity index (χ2n) is 5.58. The van der Waals surface area contributed by atoms with Gasteiger partial charge in [-0.25, -0.2) is 9.69 Å². The Morgan fingerprint density at radius 1 is 1.29 bits per heavy atom. The third kappa shape index (κ3) is 3.78. The van der Waals surface area contributed by atoms with Gasteiger partial charge in [-0.1, -0.05) is 23.9 Å². The Labute approximate surface area is 127 Å². The maximum atomic E-state index is 12.4. The SMILES string of the molecule is CC(C)(C)OC(=O)N1C(CC(=O)O)=CSc2ccccc21. The molecular formula is C15H17NO4S. The molecule has 0 atom stereocenters. The molecule has 112 valence electrons. The maximum Gasteiger partial charge on any atom is 0.419 e. The van der Waals surface area contributed by atoms with E-state index in [1.807, 2.05) is 12.1 Å². The predicted molar refractivity (Wildman–Crippen MR) is 81.3 cm³/mol. The van der Waals surface area contributed by atoms with E-state index in [1.54, 1.807) is 38.3 Å². The number of carbonyl (C=O) groups is 2. The summed E-state index contributed by atoms with van der Waals surface area (Å²) < 4.78 is 5.39. The van der Waals surface area contributed by atoms with Crippen molar-refractivity contribution >= 4 is 29.5 Å². The molecule has 0 spiro atoms. The maximum absolute atomic E-state index is 12.4. The third-order valence-electron chi connectivity index (χ3n) is 2.62. The zero-order valence-electron chi connectivity index (χ0n) is 12.1. The van der Waals surface area contributed by atoms with Crippen LogP contribution in [0.4, 0.5) is 10.5 Å². The lowest BCUT2D eigenvalue weighted by Crippen LogP contribution is -2.37. The summed E-state index contributed by atoms with van der Waals surface area (Å²) in [7, 11) is 0. The molecule has 1 aliphatic heterocycles. The van der Waals surface area contributed by atoms with Gasteiger partial charge in [0.25, 0.3) is 0 Å². The minimum atomic E-state index is -0.991. The second-order valence-corrected chi connectivity index (χ2v) is 6.49. The predicted octanol–water partition coefficient (Wildman–Crippen LogP) is 3.85. The van der Waals surface area contributed by atoms with Crippen molar-refractivity contribution in [3.05, 3.63) is 35.4 Å². The first-order valence-electron chi connectivity index (χ1n) is 6.47. The summed E-state index contributed by atoms with van der Waals surface area (Å²) in [6.07, 6.45) is -0.802. The standard InChI is InChI=1S/C15H17NO4S/c1-15(2,3)20-14(19)16-10(8-13(17)18)9-21-12-7-5-4-6-11(12)16/h4-7,9H,8H2,1-3H3,(H,17,18). The molecular weight excluding hydrogens is 290 g/mol. The zero-order chi connectivity index (χ0) is 15.6. The molecule has 1 aromatic carbocycles. The first-order chi connectivity index (χ1) is 9.78. The van der Waals surface area contributed by atoms with Crippen molar-refractivity contribution in [1.82, 2.24) is 0 Å². The molecule has 1 heterocycles. The fraction of sp³-hybridized carbons (Fsp3) is 0.333. The smallest absolute Gasteiger partial charge is 0.419 e. The van der Waals surface area contributed by atoms with E-state index >= 15 is 0 Å². The molecule has 1 aromatic rings. The molecule has 0 aromatic heterocycles. The van der Waals surface area contributed by atoms with E-state index in [0.29, 0.717) is 11.4 Å². The summed E-state index contributed by atoms with van der Waals surface area (Å²) in [4.78, 5) is 25.7. The average molecular weight is 307 g/mol. The van der Waals surface area contributed by atoms with Crippen molar-refractivity contribution in [3.63, 3.8) is 0 Å². The van der Waals surface area contributed by atoms with Gasteiger partial charge in [0, 0.05) is 10.6 Å². The Bertz CT molecular complexity index is 604. The Balaban J connectivity index is 2.38. The molecule has 1 amide bonds. The number of thioether (sulfide) groups is 1. The number of carbonyl (C=O) groups excluding carboxylic acids is 1. The molecule has 0 unspecified atom stereocenters. The van der Waals surface area contributed by atoms with Crippen molar-refractivity contribution < 1.29 is 19.4 Å². The number of aliphatic carboxylic acids is 1. The summed E-state index contributed by atoms with van der Waals surface area (Å²) in [6, 6.07) is 7.34. The van der Waals surface area contributed by atoms with Crippen LogP contribution in [0.1, 0.15) is 27.2 Å². The zero-order valence-corrected chi connectivity index (χ0v) is 12.9. The van der Waals surface area contributed by atoms with Crippen molar-refractivity contribution in [1.29, 1.82) is 0 Å². The summed E-state index contributed by atoms with van der Waals surface area (Å²) in [6.45, 7) is 5.32. The second kappa shape index (κ2) is 5.81. The van der Waals surface area contributed by atoms with E-state index in [9.17, 15) is 9.59 Å². The number of ether oxygens (including phenoxy) is 1. The highest BCUT2D eigenvalue weighted by atomic mass is 32.2. The minimum Gasteiger partial charge on any atom is -0.481 e. The molecule has 2 rings (SSSR count). The van der Waals surface area contributed by atoms with E-state index in [1.165, 1.54) is 16.7 Å². The highest BCUT2D eigenvalue weighted by Crippen LogP contribution is 2.40. The Morgan fingerprint density at radius 2 is 1.95 bits per heavy atom. The van der Waals surface area contributed by atoms with E-state index in [4.69, 9.17) is 9.84 Å². The Kier molecular flexibility index (Phi) is 4.27. The fourth-order valence-electron chi connectivity index (χ4n) is 1.88. The van der Waals surface area contributed by atoms with Gasteiger partial charge in [0.05, 0.1) is 12.1 Å². The number of benzene rings is 1.